The Morgan fingerprint density at radius 2 is 2.11 bits per heavy atom. The van der Waals surface area contributed by atoms with Crippen LogP contribution >= 0.6 is 0 Å². The van der Waals surface area contributed by atoms with Gasteiger partial charge in [-0.05, 0) is 37.0 Å². The summed E-state index contributed by atoms with van der Waals surface area (Å²) in [4.78, 5) is 0. The van der Waals surface area contributed by atoms with E-state index in [-0.39, 0.29) is 0 Å². The fourth-order valence-electron chi connectivity index (χ4n) is 1.93. The van der Waals surface area contributed by atoms with Crippen LogP contribution in [0.25, 0.3) is 0 Å². The van der Waals surface area contributed by atoms with Crippen molar-refractivity contribution in [1.29, 1.82) is 0 Å². The maximum atomic E-state index is 2.40. The van der Waals surface area contributed by atoms with Crippen LogP contribution in [0.15, 0.2) is 12.2 Å². The number of hydrogen-bond donors (Lipinski definition) is 0. The van der Waals surface area contributed by atoms with Crippen molar-refractivity contribution >= 4 is 0 Å². The van der Waals surface area contributed by atoms with E-state index in [1.807, 2.05) is 0 Å². The van der Waals surface area contributed by atoms with Gasteiger partial charge in [0, 0.05) is 0 Å². The Bertz CT molecular complexity index is 140. The Morgan fingerprint density at radius 3 is 2.56 bits per heavy atom. The molecule has 1 saturated carbocycles. The zero-order valence-corrected chi connectivity index (χ0v) is 6.06. The minimum absolute atomic E-state index is 0.800. The molecule has 0 amide bonds. The van der Waals surface area contributed by atoms with Gasteiger partial charge in [0.25, 0.3) is 0 Å². The third kappa shape index (κ3) is 0.726. The maximum absolute atomic E-state index is 2.40. The molecule has 1 atom stereocenters. The first-order valence-corrected chi connectivity index (χ1v) is 3.98. The lowest BCUT2D eigenvalue weighted by atomic mass is 9.81. The standard InChI is InChI=1S/C9H14/c1-8-4-2-3-5-9(8)6-7-9/h2-3,8H,4-7H2,1H3. The van der Waals surface area contributed by atoms with Gasteiger partial charge in [0.1, 0.15) is 0 Å². The molecule has 0 aromatic rings. The molecular formula is C9H14. The molecule has 0 N–H and O–H groups in total. The average molecular weight is 122 g/mol. The summed E-state index contributed by atoms with van der Waals surface area (Å²) in [6.45, 7) is 2.40. The Labute approximate surface area is 57.0 Å². The van der Waals surface area contributed by atoms with E-state index in [4.69, 9.17) is 0 Å². The van der Waals surface area contributed by atoms with Gasteiger partial charge in [-0.15, -0.1) is 0 Å². The molecule has 1 fully saturated rings. The second-order valence-corrected chi connectivity index (χ2v) is 3.67. The molecule has 1 spiro atoms. The zero-order valence-electron chi connectivity index (χ0n) is 6.06. The molecule has 0 aromatic heterocycles. The molecule has 2 aliphatic carbocycles. The molecule has 50 valence electrons. The normalized spacial score (nSPS) is 37.2. The van der Waals surface area contributed by atoms with Gasteiger partial charge in [-0.1, -0.05) is 19.1 Å². The zero-order chi connectivity index (χ0) is 6.32. The minimum atomic E-state index is 0.800. The van der Waals surface area contributed by atoms with Crippen LogP contribution in [0, 0.1) is 11.3 Å². The minimum Gasteiger partial charge on any atom is -0.0882 e. The topological polar surface area (TPSA) is 0 Å². The van der Waals surface area contributed by atoms with E-state index >= 15 is 0 Å². The van der Waals surface area contributed by atoms with Crippen LogP contribution in [-0.4, -0.2) is 0 Å². The highest BCUT2D eigenvalue weighted by Gasteiger charge is 2.46. The third-order valence-electron chi connectivity index (χ3n) is 3.12. The summed E-state index contributed by atoms with van der Waals surface area (Å²) in [6.07, 6.45) is 10.4. The molecule has 0 heteroatoms. The molecule has 2 aliphatic rings. The van der Waals surface area contributed by atoms with Crippen LogP contribution in [0.4, 0.5) is 0 Å². The van der Waals surface area contributed by atoms with E-state index in [1.165, 1.54) is 25.7 Å². The lowest BCUT2D eigenvalue weighted by molar-refractivity contribution is 0.324. The number of rotatable bonds is 0. The Morgan fingerprint density at radius 1 is 1.33 bits per heavy atom. The van der Waals surface area contributed by atoms with Gasteiger partial charge in [0.2, 0.25) is 0 Å². The molecule has 0 bridgehead atoms. The van der Waals surface area contributed by atoms with E-state index in [2.05, 4.69) is 19.1 Å². The van der Waals surface area contributed by atoms with Crippen LogP contribution in [0.5, 0.6) is 0 Å². The van der Waals surface area contributed by atoms with Gasteiger partial charge < -0.3 is 0 Å². The largest absolute Gasteiger partial charge is 0.0882 e. The van der Waals surface area contributed by atoms with E-state index in [1.54, 1.807) is 0 Å². The summed E-state index contributed by atoms with van der Waals surface area (Å²) in [5, 5.41) is 0. The van der Waals surface area contributed by atoms with Crippen LogP contribution in [0.2, 0.25) is 0 Å². The molecule has 0 heterocycles. The van der Waals surface area contributed by atoms with E-state index in [9.17, 15) is 0 Å². The lowest BCUT2D eigenvalue weighted by Crippen LogP contribution is -2.13. The third-order valence-corrected chi connectivity index (χ3v) is 3.12. The highest BCUT2D eigenvalue weighted by atomic mass is 14.5. The molecule has 2 rings (SSSR count). The molecule has 0 aliphatic heterocycles. The molecule has 0 nitrogen and oxygen atoms in total. The summed E-state index contributed by atoms with van der Waals surface area (Å²) in [6, 6.07) is 0. The SMILES string of the molecule is CC1CC=CCC12CC2. The summed E-state index contributed by atoms with van der Waals surface area (Å²) >= 11 is 0. The first-order chi connectivity index (χ1) is 4.33. The summed E-state index contributed by atoms with van der Waals surface area (Å²) in [7, 11) is 0. The van der Waals surface area contributed by atoms with E-state index < -0.39 is 0 Å². The van der Waals surface area contributed by atoms with Crippen molar-refractivity contribution in [3.63, 3.8) is 0 Å². The highest BCUT2D eigenvalue weighted by molar-refractivity contribution is 5.07. The molecule has 9 heavy (non-hydrogen) atoms. The summed E-state index contributed by atoms with van der Waals surface area (Å²) < 4.78 is 0. The van der Waals surface area contributed by atoms with Crippen molar-refractivity contribution in [2.24, 2.45) is 11.3 Å². The number of allylic oxidation sites excluding steroid dienone is 2. The van der Waals surface area contributed by atoms with Gasteiger partial charge in [0.15, 0.2) is 0 Å². The van der Waals surface area contributed by atoms with Gasteiger partial charge in [-0.25, -0.2) is 0 Å². The fourth-order valence-corrected chi connectivity index (χ4v) is 1.93. The van der Waals surface area contributed by atoms with Crippen molar-refractivity contribution in [2.45, 2.75) is 32.6 Å². The Balaban J connectivity index is 2.15. The monoisotopic (exact) mass is 122 g/mol. The predicted molar refractivity (Wildman–Crippen MR) is 39.2 cm³/mol. The van der Waals surface area contributed by atoms with E-state index in [0.29, 0.717) is 0 Å². The van der Waals surface area contributed by atoms with Gasteiger partial charge >= 0.3 is 0 Å². The number of hydrogen-bond acceptors (Lipinski definition) is 0. The van der Waals surface area contributed by atoms with Gasteiger partial charge in [-0.3, -0.25) is 0 Å². The average Bonchev–Trinajstić information content (AvgIpc) is 2.60. The molecule has 0 radical (unpaired) electrons. The van der Waals surface area contributed by atoms with Crippen LogP contribution in [0.1, 0.15) is 32.6 Å². The summed E-state index contributed by atoms with van der Waals surface area (Å²) in [5.41, 5.74) is 0.800. The smallest absolute Gasteiger partial charge is 0.0234 e. The molecule has 1 unspecified atom stereocenters. The Hall–Kier alpha value is -0.260. The van der Waals surface area contributed by atoms with Crippen LogP contribution in [-0.2, 0) is 0 Å². The Kier molecular flexibility index (Phi) is 0.992. The summed E-state index contributed by atoms with van der Waals surface area (Å²) in [5.74, 6) is 0.975. The highest BCUT2D eigenvalue weighted by Crippen LogP contribution is 2.57. The molecule has 0 aromatic carbocycles. The van der Waals surface area contributed by atoms with Crippen molar-refractivity contribution in [3.05, 3.63) is 12.2 Å². The first kappa shape index (κ1) is 5.52. The van der Waals surface area contributed by atoms with E-state index in [0.717, 1.165) is 11.3 Å². The van der Waals surface area contributed by atoms with Crippen molar-refractivity contribution in [3.8, 4) is 0 Å². The second-order valence-electron chi connectivity index (χ2n) is 3.67. The molecule has 0 saturated heterocycles. The van der Waals surface area contributed by atoms with Gasteiger partial charge in [0.05, 0.1) is 0 Å². The quantitative estimate of drug-likeness (QED) is 0.433. The second kappa shape index (κ2) is 1.62. The first-order valence-electron chi connectivity index (χ1n) is 3.98. The lowest BCUT2D eigenvalue weighted by Gasteiger charge is -2.24. The molecular weight excluding hydrogens is 108 g/mol. The fraction of sp³-hybridized carbons (Fsp3) is 0.778. The maximum Gasteiger partial charge on any atom is -0.0234 e. The van der Waals surface area contributed by atoms with Crippen molar-refractivity contribution < 1.29 is 0 Å². The van der Waals surface area contributed by atoms with Crippen molar-refractivity contribution in [2.75, 3.05) is 0 Å². The van der Waals surface area contributed by atoms with Gasteiger partial charge in [-0.2, -0.15) is 0 Å². The predicted octanol–water partition coefficient (Wildman–Crippen LogP) is 2.75. The van der Waals surface area contributed by atoms with Crippen molar-refractivity contribution in [1.82, 2.24) is 0 Å². The van der Waals surface area contributed by atoms with Crippen LogP contribution in [0.3, 0.4) is 0 Å². The van der Waals surface area contributed by atoms with Crippen LogP contribution < -0.4 is 0 Å².